The highest BCUT2D eigenvalue weighted by molar-refractivity contribution is 5.92. The number of aromatic nitrogens is 4. The number of carboxylic acid groups (broad SMARTS) is 1. The van der Waals surface area contributed by atoms with Crippen molar-refractivity contribution >= 4 is 35.5 Å². The maximum Gasteiger partial charge on any atom is 0.306 e. The molecule has 18 nitrogen and oxygen atoms in total. The number of aliphatic hydroxyl groups is 2. The molecule has 0 aliphatic carbocycles. The molecule has 8 N–H and O–H groups in total. The van der Waals surface area contributed by atoms with Gasteiger partial charge in [-0.15, -0.1) is 5.10 Å². The van der Waals surface area contributed by atoms with E-state index in [0.29, 0.717) is 12.8 Å². The molecule has 0 unspecified atom stereocenters. The summed E-state index contributed by atoms with van der Waals surface area (Å²) in [5.74, 6) is -3.20. The number of aliphatic carboxylic acids is 1. The minimum atomic E-state index is -1.33. The SMILES string of the molecule is C1CCc2nnnn2CC1.CC(C)CC(=O)N[C@H](C(=O)N[C@H](C(=O)N[C@@H](CC(C)C)[C@@H](O)CC(=O)N[C@@H](C)C(=O)N[C@@H](CC(C)C)[C@@H](O)CC(=O)O)C(C)C)C(C)C. The molecule has 1 aromatic heterocycles. The second kappa shape index (κ2) is 26.0. The Morgan fingerprint density at radius 3 is 1.62 bits per heavy atom. The van der Waals surface area contributed by atoms with Gasteiger partial charge in [0.2, 0.25) is 29.5 Å². The lowest BCUT2D eigenvalue weighted by Crippen LogP contribution is -2.59. The monoisotopic (exact) mass is 824 g/mol. The van der Waals surface area contributed by atoms with Crippen molar-refractivity contribution < 1.29 is 44.1 Å². The highest BCUT2D eigenvalue weighted by Gasteiger charge is 2.34. The van der Waals surface area contributed by atoms with Crippen LogP contribution in [-0.2, 0) is 41.7 Å². The van der Waals surface area contributed by atoms with E-state index in [0.717, 1.165) is 18.8 Å². The van der Waals surface area contributed by atoms with Gasteiger partial charge in [-0.25, -0.2) is 4.68 Å². The van der Waals surface area contributed by atoms with Crippen LogP contribution < -0.4 is 26.6 Å². The van der Waals surface area contributed by atoms with Gasteiger partial charge < -0.3 is 41.9 Å². The number of carboxylic acids is 1. The first-order chi connectivity index (χ1) is 27.0. The third kappa shape index (κ3) is 20.0. The predicted octanol–water partition coefficient (Wildman–Crippen LogP) is 1.87. The van der Waals surface area contributed by atoms with Crippen LogP contribution in [-0.4, -0.2) is 113 Å². The average molecular weight is 824 g/mol. The highest BCUT2D eigenvalue weighted by Crippen LogP contribution is 2.15. The van der Waals surface area contributed by atoms with Gasteiger partial charge in [0, 0.05) is 19.4 Å². The van der Waals surface area contributed by atoms with E-state index >= 15 is 0 Å². The number of nitrogens with one attached hydrogen (secondary N) is 5. The van der Waals surface area contributed by atoms with Crippen LogP contribution in [0.1, 0.15) is 133 Å². The van der Waals surface area contributed by atoms with Crippen LogP contribution in [0.15, 0.2) is 0 Å². The van der Waals surface area contributed by atoms with E-state index in [1.807, 2.05) is 46.2 Å². The van der Waals surface area contributed by atoms with Crippen molar-refractivity contribution in [1.29, 1.82) is 0 Å². The molecule has 0 fully saturated rings. The summed E-state index contributed by atoms with van der Waals surface area (Å²) in [6.45, 7) is 20.8. The Morgan fingerprint density at radius 1 is 0.603 bits per heavy atom. The van der Waals surface area contributed by atoms with Gasteiger partial charge in [-0.1, -0.05) is 75.7 Å². The van der Waals surface area contributed by atoms with Crippen molar-refractivity contribution in [2.24, 2.45) is 29.6 Å². The Balaban J connectivity index is 0.00000143. The minimum Gasteiger partial charge on any atom is -0.481 e. The smallest absolute Gasteiger partial charge is 0.306 e. The quantitative estimate of drug-likeness (QED) is 0.0833. The van der Waals surface area contributed by atoms with Gasteiger partial charge in [0.05, 0.1) is 37.1 Å². The molecule has 332 valence electrons. The number of nitrogens with zero attached hydrogens (tertiary/aromatic N) is 4. The number of hydrogen-bond acceptors (Lipinski definition) is 11. The van der Waals surface area contributed by atoms with E-state index in [1.54, 1.807) is 27.7 Å². The van der Waals surface area contributed by atoms with E-state index < -0.39 is 84.9 Å². The number of hydrogen-bond donors (Lipinski definition) is 8. The number of rotatable bonds is 22. The van der Waals surface area contributed by atoms with Crippen molar-refractivity contribution in [3.63, 3.8) is 0 Å². The third-order valence-corrected chi connectivity index (χ3v) is 9.57. The first-order valence-electron chi connectivity index (χ1n) is 20.8. The summed E-state index contributed by atoms with van der Waals surface area (Å²) in [6.07, 6.45) is 2.04. The van der Waals surface area contributed by atoms with E-state index in [1.165, 1.54) is 26.2 Å². The molecule has 2 heterocycles. The minimum absolute atomic E-state index is 0.0152. The lowest BCUT2D eigenvalue weighted by atomic mass is 9.95. The molecule has 0 aromatic carbocycles. The summed E-state index contributed by atoms with van der Waals surface area (Å²) >= 11 is 0. The molecule has 58 heavy (non-hydrogen) atoms. The fourth-order valence-corrected chi connectivity index (χ4v) is 6.45. The molecule has 0 saturated heterocycles. The van der Waals surface area contributed by atoms with Crippen molar-refractivity contribution in [3.05, 3.63) is 5.82 Å². The average Bonchev–Trinajstić information content (AvgIpc) is 3.42. The van der Waals surface area contributed by atoms with Crippen LogP contribution in [0, 0.1) is 29.6 Å². The molecular weight excluding hydrogens is 750 g/mol. The van der Waals surface area contributed by atoms with Crippen molar-refractivity contribution in [2.45, 2.75) is 183 Å². The van der Waals surface area contributed by atoms with E-state index in [-0.39, 0.29) is 41.9 Å². The summed E-state index contributed by atoms with van der Waals surface area (Å²) in [5.41, 5.74) is 0. The molecule has 0 spiro atoms. The molecular formula is C40H73N9O9. The molecule has 0 radical (unpaired) electrons. The number of aliphatic hydroxyl groups excluding tert-OH is 2. The van der Waals surface area contributed by atoms with Gasteiger partial charge in [-0.2, -0.15) is 0 Å². The summed E-state index contributed by atoms with van der Waals surface area (Å²) in [7, 11) is 0. The standard InChI is InChI=1S/C34H63N5O9.C6H10N4/c1-17(2)12-23(37-33(47)31(21(9)10)39-34(48)30(20(7)8)38-27(42)14-19(5)6)25(40)15-28(43)35-22(11)32(46)36-24(13-18(3)4)26(41)16-29(44)45;1-2-4-6-7-8-9-10(6)5-3-1/h17-26,30-31,40-41H,12-16H2,1-11H3,(H,35,43)(H,36,46)(H,37,47)(H,38,42)(H,39,48)(H,44,45);1-5H2/t22-,23-,24-,25-,26-,30-,31-;/m0./s1. The first-order valence-corrected chi connectivity index (χ1v) is 20.8. The zero-order chi connectivity index (χ0) is 44.3. The first kappa shape index (κ1) is 51.8. The fourth-order valence-electron chi connectivity index (χ4n) is 6.45. The van der Waals surface area contributed by atoms with Crippen molar-refractivity contribution in [2.75, 3.05) is 0 Å². The van der Waals surface area contributed by atoms with Crippen LogP contribution in [0.25, 0.3) is 0 Å². The molecule has 1 aromatic rings. The van der Waals surface area contributed by atoms with E-state index in [2.05, 4.69) is 42.1 Å². The molecule has 0 saturated carbocycles. The zero-order valence-corrected chi connectivity index (χ0v) is 36.6. The number of aryl methyl sites for hydroxylation is 2. The molecule has 18 heteroatoms. The van der Waals surface area contributed by atoms with Crippen LogP contribution >= 0.6 is 0 Å². The number of carbonyl (C=O) groups is 6. The molecule has 1 aliphatic rings. The van der Waals surface area contributed by atoms with Gasteiger partial charge in [0.1, 0.15) is 18.1 Å². The van der Waals surface area contributed by atoms with Gasteiger partial charge >= 0.3 is 5.97 Å². The predicted molar refractivity (Wildman–Crippen MR) is 218 cm³/mol. The maximum absolute atomic E-state index is 13.5. The fraction of sp³-hybridized carbons (Fsp3) is 0.825. The van der Waals surface area contributed by atoms with Crippen LogP contribution in [0.2, 0.25) is 0 Å². The van der Waals surface area contributed by atoms with Gasteiger partial charge in [-0.3, -0.25) is 28.8 Å². The van der Waals surface area contributed by atoms with Crippen molar-refractivity contribution in [1.82, 2.24) is 46.8 Å². The zero-order valence-electron chi connectivity index (χ0n) is 36.6. The Labute approximate surface area is 344 Å². The van der Waals surface area contributed by atoms with Crippen LogP contribution in [0.3, 0.4) is 0 Å². The van der Waals surface area contributed by atoms with Gasteiger partial charge in [0.25, 0.3) is 0 Å². The number of fused-ring (bicyclic) bond motifs is 1. The number of amides is 5. The van der Waals surface area contributed by atoms with Gasteiger partial charge in [0.15, 0.2) is 5.82 Å². The molecule has 0 bridgehead atoms. The summed E-state index contributed by atoms with van der Waals surface area (Å²) in [6, 6.07) is -4.61. The second-order valence-electron chi connectivity index (χ2n) is 17.5. The Bertz CT molecular complexity index is 1430. The molecule has 2 rings (SSSR count). The molecule has 1 aliphatic heterocycles. The normalized spacial score (nSPS) is 16.4. The summed E-state index contributed by atoms with van der Waals surface area (Å²) in [4.78, 5) is 75.9. The number of tetrazole rings is 1. The lowest BCUT2D eigenvalue weighted by molar-refractivity contribution is -0.140. The van der Waals surface area contributed by atoms with Gasteiger partial charge in [-0.05, 0) is 72.6 Å². The lowest BCUT2D eigenvalue weighted by Gasteiger charge is -2.31. The van der Waals surface area contributed by atoms with E-state index in [4.69, 9.17) is 5.11 Å². The molecule has 5 amide bonds. The van der Waals surface area contributed by atoms with Crippen molar-refractivity contribution in [3.8, 4) is 0 Å². The van der Waals surface area contributed by atoms with Crippen LogP contribution in [0.4, 0.5) is 0 Å². The van der Waals surface area contributed by atoms with E-state index in [9.17, 15) is 39.0 Å². The number of carbonyl (C=O) groups excluding carboxylic acids is 5. The Morgan fingerprint density at radius 2 is 1.10 bits per heavy atom. The highest BCUT2D eigenvalue weighted by atomic mass is 16.4. The topological polar surface area (TPSA) is 267 Å². The Kier molecular flexibility index (Phi) is 23.3. The third-order valence-electron chi connectivity index (χ3n) is 9.57. The molecule has 7 atom stereocenters. The largest absolute Gasteiger partial charge is 0.481 e. The van der Waals surface area contributed by atoms with Crippen LogP contribution in [0.5, 0.6) is 0 Å². The summed E-state index contributed by atoms with van der Waals surface area (Å²) < 4.78 is 1.91. The Hall–Kier alpha value is -4.19. The maximum atomic E-state index is 13.5. The second-order valence-corrected chi connectivity index (χ2v) is 17.5. The summed E-state index contributed by atoms with van der Waals surface area (Å²) in [5, 5.41) is 55.3.